The molecule has 0 fully saturated rings. The van der Waals surface area contributed by atoms with E-state index in [-0.39, 0.29) is 18.0 Å². The Morgan fingerprint density at radius 2 is 1.95 bits per heavy atom. The monoisotopic (exact) mass is 344 g/mol. The molecule has 6 heteroatoms. The molecule has 0 saturated carbocycles. The van der Waals surface area contributed by atoms with Gasteiger partial charge in [0.1, 0.15) is 0 Å². The maximum absolute atomic E-state index is 12.3. The lowest BCUT2D eigenvalue weighted by Gasteiger charge is -2.15. The predicted octanol–water partition coefficient (Wildman–Crippen LogP) is 4.55. The maximum atomic E-state index is 12.3. The van der Waals surface area contributed by atoms with Crippen molar-refractivity contribution in [1.82, 2.24) is 5.32 Å². The Kier molecular flexibility index (Phi) is 7.69. The summed E-state index contributed by atoms with van der Waals surface area (Å²) >= 11 is 11.8. The number of hydrogen-bond acceptors (Lipinski definition) is 3. The van der Waals surface area contributed by atoms with E-state index in [1.807, 2.05) is 13.8 Å². The SMILES string of the molecule is CCCOC(=N[C@@H](C)C(C)C)NC(=O)c1ccc(Cl)c(Cl)c1. The van der Waals surface area contributed by atoms with Crippen LogP contribution in [0.5, 0.6) is 0 Å². The highest BCUT2D eigenvalue weighted by molar-refractivity contribution is 6.42. The number of ether oxygens (including phenoxy) is 1. The summed E-state index contributed by atoms with van der Waals surface area (Å²) in [5.41, 5.74) is 0.402. The van der Waals surface area contributed by atoms with Gasteiger partial charge in [-0.05, 0) is 37.5 Å². The second-order valence-corrected chi connectivity index (χ2v) is 6.16. The Hall–Kier alpha value is -1.26. The van der Waals surface area contributed by atoms with Gasteiger partial charge in [-0.1, -0.05) is 44.0 Å². The number of nitrogens with one attached hydrogen (secondary N) is 1. The van der Waals surface area contributed by atoms with Crippen LogP contribution in [-0.2, 0) is 4.74 Å². The first-order chi connectivity index (χ1) is 10.3. The zero-order valence-corrected chi connectivity index (χ0v) is 14.8. The van der Waals surface area contributed by atoms with Gasteiger partial charge in [0.25, 0.3) is 11.9 Å². The van der Waals surface area contributed by atoms with E-state index in [1.54, 1.807) is 12.1 Å². The van der Waals surface area contributed by atoms with Gasteiger partial charge in [-0.15, -0.1) is 0 Å². The van der Waals surface area contributed by atoms with Crippen LogP contribution in [0.4, 0.5) is 0 Å². The third-order valence-corrected chi connectivity index (χ3v) is 3.87. The second kappa shape index (κ2) is 9.01. The number of hydrogen-bond donors (Lipinski definition) is 1. The Labute approximate surface area is 141 Å². The fourth-order valence-corrected chi connectivity index (χ4v) is 1.74. The van der Waals surface area contributed by atoms with Crippen molar-refractivity contribution >= 4 is 35.1 Å². The first kappa shape index (κ1) is 18.8. The molecule has 1 N–H and O–H groups in total. The number of amidine groups is 1. The van der Waals surface area contributed by atoms with Crippen molar-refractivity contribution in [3.05, 3.63) is 33.8 Å². The Bertz CT molecular complexity index is 545. The number of halogens is 2. The average Bonchev–Trinajstić information content (AvgIpc) is 2.47. The molecule has 0 spiro atoms. The zero-order valence-electron chi connectivity index (χ0n) is 13.3. The second-order valence-electron chi connectivity index (χ2n) is 5.35. The predicted molar refractivity (Wildman–Crippen MR) is 91.9 cm³/mol. The first-order valence-corrected chi connectivity index (χ1v) is 8.07. The van der Waals surface area contributed by atoms with Crippen molar-refractivity contribution in [2.45, 2.75) is 40.2 Å². The first-order valence-electron chi connectivity index (χ1n) is 7.32. The van der Waals surface area contributed by atoms with Gasteiger partial charge in [-0.25, -0.2) is 4.99 Å². The van der Waals surface area contributed by atoms with Crippen molar-refractivity contribution in [2.24, 2.45) is 10.9 Å². The summed E-state index contributed by atoms with van der Waals surface area (Å²) in [6.07, 6.45) is 0.831. The Morgan fingerprint density at radius 1 is 1.27 bits per heavy atom. The summed E-state index contributed by atoms with van der Waals surface area (Å²) in [7, 11) is 0. The number of rotatable bonds is 5. The van der Waals surface area contributed by atoms with E-state index >= 15 is 0 Å². The lowest BCUT2D eigenvalue weighted by Crippen LogP contribution is -2.34. The minimum Gasteiger partial charge on any atom is -0.465 e. The van der Waals surface area contributed by atoms with E-state index in [0.717, 1.165) is 6.42 Å². The summed E-state index contributed by atoms with van der Waals surface area (Å²) < 4.78 is 5.52. The summed E-state index contributed by atoms with van der Waals surface area (Å²) in [4.78, 5) is 16.7. The third-order valence-electron chi connectivity index (χ3n) is 3.13. The van der Waals surface area contributed by atoms with E-state index in [4.69, 9.17) is 27.9 Å². The molecule has 0 aliphatic rings. The topological polar surface area (TPSA) is 50.7 Å². The van der Waals surface area contributed by atoms with E-state index in [0.29, 0.717) is 28.1 Å². The van der Waals surface area contributed by atoms with Crippen LogP contribution in [0.2, 0.25) is 10.0 Å². The van der Waals surface area contributed by atoms with Gasteiger partial charge in [-0.3, -0.25) is 10.1 Å². The largest absolute Gasteiger partial charge is 0.465 e. The van der Waals surface area contributed by atoms with Gasteiger partial charge in [0, 0.05) is 5.56 Å². The average molecular weight is 345 g/mol. The van der Waals surface area contributed by atoms with Crippen LogP contribution >= 0.6 is 23.2 Å². The van der Waals surface area contributed by atoms with E-state index in [2.05, 4.69) is 24.2 Å². The smallest absolute Gasteiger partial charge is 0.291 e. The molecule has 0 aliphatic heterocycles. The molecule has 0 radical (unpaired) electrons. The van der Waals surface area contributed by atoms with Crippen molar-refractivity contribution in [3.8, 4) is 0 Å². The Morgan fingerprint density at radius 3 is 2.50 bits per heavy atom. The van der Waals surface area contributed by atoms with Gasteiger partial charge >= 0.3 is 0 Å². The molecule has 1 atom stereocenters. The van der Waals surface area contributed by atoms with Crippen molar-refractivity contribution in [1.29, 1.82) is 0 Å². The molecule has 0 unspecified atom stereocenters. The number of aliphatic imine (C=N–C) groups is 1. The molecular weight excluding hydrogens is 323 g/mol. The number of amides is 1. The van der Waals surface area contributed by atoms with E-state index < -0.39 is 0 Å². The molecule has 1 aromatic carbocycles. The standard InChI is InChI=1S/C16H22Cl2N2O2/c1-5-8-22-16(19-11(4)10(2)3)20-15(21)12-6-7-13(17)14(18)9-12/h6-7,9-11H,5,8H2,1-4H3,(H,19,20,21)/t11-/m0/s1. The van der Waals surface area contributed by atoms with Gasteiger partial charge in [0.05, 0.1) is 22.7 Å². The molecule has 1 aromatic rings. The lowest BCUT2D eigenvalue weighted by atomic mass is 10.1. The van der Waals surface area contributed by atoms with Crippen LogP contribution in [0, 0.1) is 5.92 Å². The van der Waals surface area contributed by atoms with E-state index in [9.17, 15) is 4.79 Å². The van der Waals surface area contributed by atoms with Gasteiger partial charge in [-0.2, -0.15) is 0 Å². The van der Waals surface area contributed by atoms with Crippen LogP contribution in [0.15, 0.2) is 23.2 Å². The number of carbonyl (C=O) groups excluding carboxylic acids is 1. The molecule has 0 heterocycles. The molecule has 0 bridgehead atoms. The molecule has 1 rings (SSSR count). The molecular formula is C16H22Cl2N2O2. The molecule has 0 aliphatic carbocycles. The highest BCUT2D eigenvalue weighted by Crippen LogP contribution is 2.22. The molecule has 0 aromatic heterocycles. The number of benzene rings is 1. The highest BCUT2D eigenvalue weighted by atomic mass is 35.5. The van der Waals surface area contributed by atoms with Crippen LogP contribution in [0.25, 0.3) is 0 Å². The number of nitrogens with zero attached hydrogens (tertiary/aromatic N) is 1. The fraction of sp³-hybridized carbons (Fsp3) is 0.500. The minimum absolute atomic E-state index is 0.0426. The van der Waals surface area contributed by atoms with Crippen LogP contribution in [-0.4, -0.2) is 24.6 Å². The van der Waals surface area contributed by atoms with Crippen molar-refractivity contribution < 1.29 is 9.53 Å². The molecule has 1 amide bonds. The van der Waals surface area contributed by atoms with Crippen LogP contribution in [0.3, 0.4) is 0 Å². The van der Waals surface area contributed by atoms with E-state index in [1.165, 1.54) is 6.07 Å². The molecule has 0 saturated heterocycles. The summed E-state index contributed by atoms with van der Waals surface area (Å²) in [6, 6.07) is 4.98. The minimum atomic E-state index is -0.329. The van der Waals surface area contributed by atoms with Crippen molar-refractivity contribution in [2.75, 3.05) is 6.61 Å². The number of carbonyl (C=O) groups is 1. The summed E-state index contributed by atoms with van der Waals surface area (Å²) in [5, 5.41) is 3.42. The van der Waals surface area contributed by atoms with Crippen molar-refractivity contribution in [3.63, 3.8) is 0 Å². The van der Waals surface area contributed by atoms with Crippen LogP contribution in [0.1, 0.15) is 44.5 Å². The maximum Gasteiger partial charge on any atom is 0.291 e. The normalized spacial score (nSPS) is 13.1. The Balaban J connectivity index is 2.87. The summed E-state index contributed by atoms with van der Waals surface area (Å²) in [5.74, 6) is 0.0199. The van der Waals surface area contributed by atoms with Crippen LogP contribution < -0.4 is 5.32 Å². The van der Waals surface area contributed by atoms with Gasteiger partial charge in [0.15, 0.2) is 0 Å². The quantitative estimate of drug-likeness (QED) is 0.629. The lowest BCUT2D eigenvalue weighted by molar-refractivity contribution is 0.0965. The zero-order chi connectivity index (χ0) is 16.7. The molecule has 22 heavy (non-hydrogen) atoms. The van der Waals surface area contributed by atoms with Gasteiger partial charge < -0.3 is 4.74 Å². The summed E-state index contributed by atoms with van der Waals surface area (Å²) in [6.45, 7) is 8.58. The van der Waals surface area contributed by atoms with Gasteiger partial charge in [0.2, 0.25) is 0 Å². The highest BCUT2D eigenvalue weighted by Gasteiger charge is 2.14. The third kappa shape index (κ3) is 5.85. The fourth-order valence-electron chi connectivity index (χ4n) is 1.45. The molecule has 4 nitrogen and oxygen atoms in total. The molecule has 122 valence electrons.